The van der Waals surface area contributed by atoms with Gasteiger partial charge in [0.1, 0.15) is 5.60 Å². The summed E-state index contributed by atoms with van der Waals surface area (Å²) in [4.78, 5) is 28.2. The Morgan fingerprint density at radius 3 is 2.77 bits per heavy atom. The fourth-order valence-electron chi connectivity index (χ4n) is 4.87. The minimum Gasteiger partial charge on any atom is -0.360 e. The molecule has 0 aliphatic carbocycles. The summed E-state index contributed by atoms with van der Waals surface area (Å²) in [6.07, 6.45) is 3.55. The zero-order valence-corrected chi connectivity index (χ0v) is 17.4. The molecule has 3 aliphatic rings. The number of likely N-dealkylation sites (tertiary alicyclic amines) is 1. The van der Waals surface area contributed by atoms with Gasteiger partial charge in [-0.15, -0.1) is 0 Å². The van der Waals surface area contributed by atoms with Crippen LogP contribution in [0.2, 0.25) is 5.02 Å². The quantitative estimate of drug-likeness (QED) is 0.752. The van der Waals surface area contributed by atoms with Crippen LogP contribution in [-0.2, 0) is 27.4 Å². The summed E-state index contributed by atoms with van der Waals surface area (Å²) >= 11 is 6.20. The van der Waals surface area contributed by atoms with E-state index in [2.05, 4.69) is 5.32 Å². The number of fused-ring (bicyclic) bond motifs is 1. The standard InChI is InChI=1S/C24H23ClN2O3/c1-15-6-8-16(9-7-15)13-27-14-24-11-10-19(30-24)20(21(24)23(27)29)22(28)26-12-17-4-2-3-5-18(17)25/h2-11,19-21H,12-14H2,1H3,(H,26,28)/t19?,20-,21+,24?/m1/s1. The molecule has 2 bridgehead atoms. The summed E-state index contributed by atoms with van der Waals surface area (Å²) < 4.78 is 6.19. The van der Waals surface area contributed by atoms with Gasteiger partial charge in [-0.3, -0.25) is 9.59 Å². The molecule has 2 amide bonds. The van der Waals surface area contributed by atoms with Crippen molar-refractivity contribution in [1.82, 2.24) is 10.2 Å². The van der Waals surface area contributed by atoms with Crippen molar-refractivity contribution in [3.63, 3.8) is 0 Å². The van der Waals surface area contributed by atoms with Gasteiger partial charge in [-0.25, -0.2) is 0 Å². The summed E-state index contributed by atoms with van der Waals surface area (Å²) in [5.74, 6) is -1.18. The Hall–Kier alpha value is -2.63. The number of hydrogen-bond acceptors (Lipinski definition) is 3. The molecule has 2 unspecified atom stereocenters. The van der Waals surface area contributed by atoms with Gasteiger partial charge < -0.3 is 15.0 Å². The molecule has 4 atom stereocenters. The van der Waals surface area contributed by atoms with Crippen molar-refractivity contribution in [1.29, 1.82) is 0 Å². The highest BCUT2D eigenvalue weighted by atomic mass is 35.5. The highest BCUT2D eigenvalue weighted by Crippen LogP contribution is 2.52. The third-order valence-corrected chi connectivity index (χ3v) is 6.76. The zero-order valence-electron chi connectivity index (χ0n) is 16.7. The lowest BCUT2D eigenvalue weighted by Gasteiger charge is -2.23. The monoisotopic (exact) mass is 422 g/mol. The van der Waals surface area contributed by atoms with Gasteiger partial charge >= 0.3 is 0 Å². The summed E-state index contributed by atoms with van der Waals surface area (Å²) in [7, 11) is 0. The molecule has 2 fully saturated rings. The molecule has 6 heteroatoms. The number of benzene rings is 2. The van der Waals surface area contributed by atoms with E-state index in [-0.39, 0.29) is 17.9 Å². The number of ether oxygens (including phenoxy) is 1. The maximum atomic E-state index is 13.3. The van der Waals surface area contributed by atoms with Crippen molar-refractivity contribution < 1.29 is 14.3 Å². The highest BCUT2D eigenvalue weighted by molar-refractivity contribution is 6.31. The van der Waals surface area contributed by atoms with Gasteiger partial charge in [0.15, 0.2) is 0 Å². The number of hydrogen-bond donors (Lipinski definition) is 1. The van der Waals surface area contributed by atoms with Gasteiger partial charge in [0.2, 0.25) is 11.8 Å². The molecule has 5 rings (SSSR count). The molecule has 154 valence electrons. The normalized spacial score (nSPS) is 28.8. The molecule has 2 aromatic carbocycles. The first-order valence-corrected chi connectivity index (χ1v) is 10.6. The first-order chi connectivity index (χ1) is 14.5. The van der Waals surface area contributed by atoms with Crippen LogP contribution in [0.3, 0.4) is 0 Å². The first-order valence-electron chi connectivity index (χ1n) is 10.2. The highest BCUT2D eigenvalue weighted by Gasteiger charge is 2.66. The van der Waals surface area contributed by atoms with Crippen LogP contribution in [0.15, 0.2) is 60.7 Å². The number of nitrogens with one attached hydrogen (secondary N) is 1. The van der Waals surface area contributed by atoms with Crippen LogP contribution in [0.5, 0.6) is 0 Å². The Bertz CT molecular complexity index is 1040. The summed E-state index contributed by atoms with van der Waals surface area (Å²) in [6.45, 7) is 3.36. The Labute approximate surface area is 180 Å². The fraction of sp³-hybridized carbons (Fsp3) is 0.333. The maximum absolute atomic E-state index is 13.3. The number of amides is 2. The van der Waals surface area contributed by atoms with Crippen molar-refractivity contribution in [2.75, 3.05) is 6.54 Å². The van der Waals surface area contributed by atoms with Gasteiger partial charge in [0.25, 0.3) is 0 Å². The minimum atomic E-state index is -0.696. The average Bonchev–Trinajstić information content (AvgIpc) is 3.37. The molecule has 3 heterocycles. The lowest BCUT2D eigenvalue weighted by atomic mass is 9.77. The third-order valence-electron chi connectivity index (χ3n) is 6.39. The van der Waals surface area contributed by atoms with E-state index in [1.165, 1.54) is 5.56 Å². The molecule has 5 nitrogen and oxygen atoms in total. The summed E-state index contributed by atoms with van der Waals surface area (Å²) in [6, 6.07) is 15.6. The van der Waals surface area contributed by atoms with E-state index in [0.29, 0.717) is 24.7 Å². The van der Waals surface area contributed by atoms with Crippen molar-refractivity contribution in [2.24, 2.45) is 11.8 Å². The Kier molecular flexibility index (Phi) is 4.68. The Morgan fingerprint density at radius 1 is 1.23 bits per heavy atom. The number of aryl methyl sites for hydroxylation is 1. The van der Waals surface area contributed by atoms with Gasteiger partial charge in [0, 0.05) is 18.1 Å². The second kappa shape index (κ2) is 7.25. The molecule has 2 aromatic rings. The molecule has 0 radical (unpaired) electrons. The predicted molar refractivity (Wildman–Crippen MR) is 114 cm³/mol. The molecule has 2 saturated heterocycles. The number of rotatable bonds is 5. The molecule has 1 N–H and O–H groups in total. The molecule has 0 saturated carbocycles. The molecule has 1 spiro atoms. The van der Waals surface area contributed by atoms with Crippen LogP contribution in [0.4, 0.5) is 0 Å². The largest absolute Gasteiger partial charge is 0.360 e. The number of carbonyl (C=O) groups is 2. The molecule has 3 aliphatic heterocycles. The topological polar surface area (TPSA) is 58.6 Å². The molecule has 30 heavy (non-hydrogen) atoms. The number of halogens is 1. The van der Waals surface area contributed by atoms with Gasteiger partial charge in [-0.1, -0.05) is 71.8 Å². The maximum Gasteiger partial charge on any atom is 0.230 e. The van der Waals surface area contributed by atoms with E-state index in [9.17, 15) is 9.59 Å². The number of carbonyl (C=O) groups excluding carboxylic acids is 2. The van der Waals surface area contributed by atoms with Crippen LogP contribution in [0, 0.1) is 18.8 Å². The van der Waals surface area contributed by atoms with E-state index >= 15 is 0 Å². The summed E-state index contributed by atoms with van der Waals surface area (Å²) in [5, 5.41) is 3.57. The lowest BCUT2D eigenvalue weighted by Crippen LogP contribution is -2.43. The zero-order chi connectivity index (χ0) is 20.9. The van der Waals surface area contributed by atoms with Crippen molar-refractivity contribution in [2.45, 2.75) is 31.7 Å². The van der Waals surface area contributed by atoms with Gasteiger partial charge in [-0.2, -0.15) is 0 Å². The molecule has 0 aromatic heterocycles. The van der Waals surface area contributed by atoms with Gasteiger partial charge in [0.05, 0.1) is 24.5 Å². The van der Waals surface area contributed by atoms with E-state index in [1.54, 1.807) is 6.07 Å². The van der Waals surface area contributed by atoms with E-state index in [0.717, 1.165) is 11.1 Å². The lowest BCUT2D eigenvalue weighted by molar-refractivity contribution is -0.137. The average molecular weight is 423 g/mol. The second-order valence-electron chi connectivity index (χ2n) is 8.39. The predicted octanol–water partition coefficient (Wildman–Crippen LogP) is 3.25. The van der Waals surface area contributed by atoms with Crippen LogP contribution in [0.1, 0.15) is 16.7 Å². The fourth-order valence-corrected chi connectivity index (χ4v) is 5.07. The van der Waals surface area contributed by atoms with Crippen LogP contribution < -0.4 is 5.32 Å². The molecular formula is C24H23ClN2O3. The van der Waals surface area contributed by atoms with E-state index in [4.69, 9.17) is 16.3 Å². The minimum absolute atomic E-state index is 0.0136. The smallest absolute Gasteiger partial charge is 0.230 e. The van der Waals surface area contributed by atoms with Crippen molar-refractivity contribution in [3.8, 4) is 0 Å². The van der Waals surface area contributed by atoms with E-state index < -0.39 is 17.4 Å². The first kappa shape index (κ1) is 19.3. The van der Waals surface area contributed by atoms with Gasteiger partial charge in [-0.05, 0) is 24.1 Å². The number of nitrogens with zero attached hydrogens (tertiary/aromatic N) is 1. The van der Waals surface area contributed by atoms with Crippen LogP contribution in [-0.4, -0.2) is 35.0 Å². The van der Waals surface area contributed by atoms with Crippen LogP contribution in [0.25, 0.3) is 0 Å². The van der Waals surface area contributed by atoms with Crippen molar-refractivity contribution in [3.05, 3.63) is 82.4 Å². The Morgan fingerprint density at radius 2 is 2.00 bits per heavy atom. The van der Waals surface area contributed by atoms with Crippen LogP contribution >= 0.6 is 11.6 Å². The second-order valence-corrected chi connectivity index (χ2v) is 8.80. The third kappa shape index (κ3) is 3.13. The molecular weight excluding hydrogens is 400 g/mol. The van der Waals surface area contributed by atoms with Crippen molar-refractivity contribution >= 4 is 23.4 Å². The Balaban J connectivity index is 1.32. The summed E-state index contributed by atoms with van der Waals surface area (Å²) in [5.41, 5.74) is 2.41. The van der Waals surface area contributed by atoms with E-state index in [1.807, 2.05) is 66.4 Å². The SMILES string of the molecule is Cc1ccc(CN2CC34C=CC(O3)[C@@H](C(=O)NCc3ccccc3Cl)[C@H]4C2=O)cc1.